The standard InChI is InChI=1S/C17H21N5O.C2H6/c1-11(23)16(17(20)21-12(2)19)14-7-8-22(10-14)15-5-3-13(9-18)4-6-15;1-2/h3-6,14,23H,2,7-8,10,19H2,1H3,(H2,20,21);1-2H3/b16-11+;. The Labute approximate surface area is 149 Å². The lowest BCUT2D eigenvalue weighted by Gasteiger charge is -2.20. The van der Waals surface area contributed by atoms with E-state index >= 15 is 0 Å². The van der Waals surface area contributed by atoms with E-state index in [4.69, 9.17) is 16.7 Å². The molecule has 0 radical (unpaired) electrons. The summed E-state index contributed by atoms with van der Waals surface area (Å²) in [5, 5.41) is 18.8. The molecule has 0 bridgehead atoms. The average Bonchev–Trinajstić information content (AvgIpc) is 3.05. The molecule has 1 aromatic rings. The first-order valence-electron chi connectivity index (χ1n) is 8.36. The highest BCUT2D eigenvalue weighted by Gasteiger charge is 2.29. The number of hydrogen-bond donors (Lipinski definition) is 3. The molecule has 0 saturated carbocycles. The van der Waals surface area contributed by atoms with Crippen LogP contribution in [0.3, 0.4) is 0 Å². The zero-order valence-corrected chi connectivity index (χ0v) is 15.2. The number of aliphatic hydroxyl groups is 1. The average molecular weight is 341 g/mol. The van der Waals surface area contributed by atoms with Crippen molar-refractivity contribution in [1.82, 2.24) is 0 Å². The molecule has 2 rings (SSSR count). The van der Waals surface area contributed by atoms with Crippen LogP contribution in [-0.4, -0.2) is 24.0 Å². The molecule has 0 aromatic heterocycles. The van der Waals surface area contributed by atoms with Crippen LogP contribution in [0.15, 0.2) is 53.0 Å². The first-order chi connectivity index (χ1) is 11.9. The summed E-state index contributed by atoms with van der Waals surface area (Å²) in [6.07, 6.45) is 0.848. The van der Waals surface area contributed by atoms with E-state index in [-0.39, 0.29) is 23.3 Å². The second-order valence-electron chi connectivity index (χ2n) is 5.58. The number of anilines is 1. The van der Waals surface area contributed by atoms with Gasteiger partial charge in [-0.3, -0.25) is 0 Å². The molecule has 5 N–H and O–H groups in total. The largest absolute Gasteiger partial charge is 0.512 e. The number of nitriles is 1. The normalized spacial score (nSPS) is 17.9. The van der Waals surface area contributed by atoms with Crippen molar-refractivity contribution in [3.8, 4) is 6.07 Å². The lowest BCUT2D eigenvalue weighted by Crippen LogP contribution is -2.26. The Morgan fingerprint density at radius 2 is 1.92 bits per heavy atom. The summed E-state index contributed by atoms with van der Waals surface area (Å²) < 4.78 is 0. The molecule has 1 aliphatic heterocycles. The van der Waals surface area contributed by atoms with E-state index in [1.807, 2.05) is 26.0 Å². The Kier molecular flexibility index (Phi) is 7.54. The number of nitrogens with zero attached hydrogens (tertiary/aromatic N) is 3. The second-order valence-corrected chi connectivity index (χ2v) is 5.58. The minimum atomic E-state index is 0.0683. The Balaban J connectivity index is 0.00000151. The van der Waals surface area contributed by atoms with Gasteiger partial charge in [0.05, 0.1) is 17.4 Å². The molecule has 1 aromatic carbocycles. The lowest BCUT2D eigenvalue weighted by molar-refractivity contribution is 0.401. The number of amidine groups is 1. The fourth-order valence-electron chi connectivity index (χ4n) is 2.88. The van der Waals surface area contributed by atoms with Gasteiger partial charge in [-0.1, -0.05) is 20.4 Å². The van der Waals surface area contributed by atoms with Crippen molar-refractivity contribution in [2.75, 3.05) is 18.0 Å². The van der Waals surface area contributed by atoms with Gasteiger partial charge in [0.15, 0.2) is 0 Å². The van der Waals surface area contributed by atoms with Crippen LogP contribution in [0.5, 0.6) is 0 Å². The smallest absolute Gasteiger partial charge is 0.132 e. The van der Waals surface area contributed by atoms with Gasteiger partial charge in [0.25, 0.3) is 0 Å². The van der Waals surface area contributed by atoms with Crippen LogP contribution in [0.1, 0.15) is 32.8 Å². The van der Waals surface area contributed by atoms with Gasteiger partial charge in [-0.2, -0.15) is 5.26 Å². The molecular weight excluding hydrogens is 314 g/mol. The highest BCUT2D eigenvalue weighted by Crippen LogP contribution is 2.29. The molecule has 1 atom stereocenters. The first kappa shape index (κ1) is 20.1. The SMILES string of the molecule is C=C(N)/N=C(N)\C(=C(/C)O)C1CCN(c2ccc(C#N)cc2)C1.CC. The lowest BCUT2D eigenvalue weighted by atomic mass is 9.96. The van der Waals surface area contributed by atoms with Gasteiger partial charge in [0.1, 0.15) is 11.7 Å². The fourth-order valence-corrected chi connectivity index (χ4v) is 2.88. The van der Waals surface area contributed by atoms with Crippen LogP contribution in [0.4, 0.5) is 5.69 Å². The third-order valence-corrected chi connectivity index (χ3v) is 3.89. The molecular formula is C19H27N5O. The zero-order chi connectivity index (χ0) is 19.0. The van der Waals surface area contributed by atoms with Crippen molar-refractivity contribution in [2.45, 2.75) is 27.2 Å². The summed E-state index contributed by atoms with van der Waals surface area (Å²) in [6, 6.07) is 9.55. The summed E-state index contributed by atoms with van der Waals surface area (Å²) in [5.74, 6) is 0.547. The Hall–Kier alpha value is -2.94. The molecule has 1 saturated heterocycles. The van der Waals surface area contributed by atoms with Gasteiger partial charge >= 0.3 is 0 Å². The van der Waals surface area contributed by atoms with Gasteiger partial charge in [-0.25, -0.2) is 4.99 Å². The molecule has 25 heavy (non-hydrogen) atoms. The van der Waals surface area contributed by atoms with Crippen molar-refractivity contribution >= 4 is 11.5 Å². The van der Waals surface area contributed by atoms with E-state index in [9.17, 15) is 5.11 Å². The van der Waals surface area contributed by atoms with E-state index < -0.39 is 0 Å². The van der Waals surface area contributed by atoms with Crippen LogP contribution in [-0.2, 0) is 0 Å². The van der Waals surface area contributed by atoms with Gasteiger partial charge < -0.3 is 21.5 Å². The highest BCUT2D eigenvalue weighted by molar-refractivity contribution is 5.98. The van der Waals surface area contributed by atoms with Crippen LogP contribution in [0, 0.1) is 17.2 Å². The molecule has 1 aliphatic rings. The van der Waals surface area contributed by atoms with Gasteiger partial charge in [-0.15, -0.1) is 0 Å². The van der Waals surface area contributed by atoms with Crippen molar-refractivity contribution in [2.24, 2.45) is 22.4 Å². The molecule has 0 spiro atoms. The predicted molar refractivity (Wildman–Crippen MR) is 103 cm³/mol. The molecule has 6 heteroatoms. The third-order valence-electron chi connectivity index (χ3n) is 3.89. The van der Waals surface area contributed by atoms with Crippen LogP contribution < -0.4 is 16.4 Å². The number of aliphatic hydroxyl groups excluding tert-OH is 1. The summed E-state index contributed by atoms with van der Waals surface area (Å²) in [5.41, 5.74) is 13.7. The van der Waals surface area contributed by atoms with Crippen molar-refractivity contribution in [3.63, 3.8) is 0 Å². The number of nitrogens with two attached hydrogens (primary N) is 2. The van der Waals surface area contributed by atoms with Crippen LogP contribution >= 0.6 is 0 Å². The first-order valence-corrected chi connectivity index (χ1v) is 8.36. The maximum atomic E-state index is 9.97. The van der Waals surface area contributed by atoms with Gasteiger partial charge in [0, 0.05) is 30.3 Å². The number of rotatable bonds is 4. The summed E-state index contributed by atoms with van der Waals surface area (Å²) in [6.45, 7) is 10.7. The Morgan fingerprint density at radius 1 is 1.32 bits per heavy atom. The van der Waals surface area contributed by atoms with E-state index in [1.165, 1.54) is 0 Å². The Bertz CT molecular complexity index is 694. The topological polar surface area (TPSA) is 112 Å². The van der Waals surface area contributed by atoms with Gasteiger partial charge in [0.2, 0.25) is 0 Å². The minimum Gasteiger partial charge on any atom is -0.512 e. The second kappa shape index (κ2) is 9.38. The van der Waals surface area contributed by atoms with E-state index in [2.05, 4.69) is 22.5 Å². The number of aliphatic imine (C=N–C) groups is 1. The van der Waals surface area contributed by atoms with Crippen molar-refractivity contribution < 1.29 is 5.11 Å². The number of allylic oxidation sites excluding steroid dienone is 1. The molecule has 1 heterocycles. The predicted octanol–water partition coefficient (Wildman–Crippen LogP) is 3.03. The number of benzene rings is 1. The molecule has 6 nitrogen and oxygen atoms in total. The molecule has 1 fully saturated rings. The van der Waals surface area contributed by atoms with E-state index in [0.29, 0.717) is 17.7 Å². The monoisotopic (exact) mass is 341 g/mol. The maximum Gasteiger partial charge on any atom is 0.132 e. The molecule has 134 valence electrons. The van der Waals surface area contributed by atoms with Crippen molar-refractivity contribution in [3.05, 3.63) is 53.6 Å². The fraction of sp³-hybridized carbons (Fsp3) is 0.368. The minimum absolute atomic E-state index is 0.0683. The molecule has 1 unspecified atom stereocenters. The summed E-state index contributed by atoms with van der Waals surface area (Å²) in [7, 11) is 0. The third kappa shape index (κ3) is 5.28. The van der Waals surface area contributed by atoms with E-state index in [0.717, 1.165) is 18.7 Å². The molecule has 0 amide bonds. The summed E-state index contributed by atoms with van der Waals surface area (Å²) in [4.78, 5) is 6.16. The van der Waals surface area contributed by atoms with E-state index in [1.54, 1.807) is 19.1 Å². The van der Waals surface area contributed by atoms with Crippen LogP contribution in [0.25, 0.3) is 0 Å². The van der Waals surface area contributed by atoms with Crippen LogP contribution in [0.2, 0.25) is 0 Å². The Morgan fingerprint density at radius 3 is 2.40 bits per heavy atom. The number of hydrogen-bond acceptors (Lipinski definition) is 5. The maximum absolute atomic E-state index is 9.97. The highest BCUT2D eigenvalue weighted by atomic mass is 16.3. The summed E-state index contributed by atoms with van der Waals surface area (Å²) >= 11 is 0. The quantitative estimate of drug-likeness (QED) is 0.443. The zero-order valence-electron chi connectivity index (χ0n) is 15.2. The van der Waals surface area contributed by atoms with Crippen molar-refractivity contribution in [1.29, 1.82) is 5.26 Å². The van der Waals surface area contributed by atoms with Gasteiger partial charge in [-0.05, 0) is 37.6 Å². The molecule has 0 aliphatic carbocycles.